The van der Waals surface area contributed by atoms with Gasteiger partial charge in [0, 0.05) is 5.39 Å². The molecular formula is C10H9ClN2. The Kier molecular flexibility index (Phi) is 1.41. The number of rotatable bonds is 1. The maximum Gasteiger partial charge on any atom is 0.0700 e. The molecule has 1 aliphatic rings. The van der Waals surface area contributed by atoms with Crippen molar-refractivity contribution >= 4 is 22.5 Å². The molecule has 0 saturated heterocycles. The van der Waals surface area contributed by atoms with Gasteiger partial charge in [0.05, 0.1) is 22.8 Å². The number of nitrogens with zero attached hydrogens (tertiary/aromatic N) is 2. The van der Waals surface area contributed by atoms with Gasteiger partial charge in [-0.15, -0.1) is 0 Å². The Morgan fingerprint density at radius 2 is 2.23 bits per heavy atom. The highest BCUT2D eigenvalue weighted by molar-refractivity contribution is 6.35. The molecule has 0 spiro atoms. The fraction of sp³-hybridized carbons (Fsp3) is 0.300. The van der Waals surface area contributed by atoms with Crippen molar-refractivity contribution in [2.45, 2.75) is 18.9 Å². The van der Waals surface area contributed by atoms with E-state index in [4.69, 9.17) is 11.6 Å². The van der Waals surface area contributed by atoms with E-state index in [2.05, 4.69) is 15.8 Å². The maximum absolute atomic E-state index is 6.04. The zero-order chi connectivity index (χ0) is 8.84. The highest BCUT2D eigenvalue weighted by atomic mass is 35.5. The second-order valence-corrected chi connectivity index (χ2v) is 3.90. The number of benzene rings is 1. The van der Waals surface area contributed by atoms with Crippen LogP contribution in [-0.4, -0.2) is 9.78 Å². The number of hydrogen-bond acceptors (Lipinski definition) is 1. The van der Waals surface area contributed by atoms with Crippen LogP contribution in [-0.2, 0) is 0 Å². The Labute approximate surface area is 81.1 Å². The van der Waals surface area contributed by atoms with Crippen molar-refractivity contribution in [3.63, 3.8) is 0 Å². The molecule has 0 amide bonds. The molecule has 1 aliphatic carbocycles. The van der Waals surface area contributed by atoms with Crippen molar-refractivity contribution in [3.05, 3.63) is 29.4 Å². The highest BCUT2D eigenvalue weighted by Gasteiger charge is 2.25. The van der Waals surface area contributed by atoms with Gasteiger partial charge in [0.2, 0.25) is 0 Å². The molecule has 2 nitrogen and oxygen atoms in total. The Morgan fingerprint density at radius 1 is 1.38 bits per heavy atom. The van der Waals surface area contributed by atoms with Crippen LogP contribution in [0, 0.1) is 0 Å². The van der Waals surface area contributed by atoms with Gasteiger partial charge < -0.3 is 0 Å². The molecule has 13 heavy (non-hydrogen) atoms. The van der Waals surface area contributed by atoms with E-state index >= 15 is 0 Å². The molecule has 0 bridgehead atoms. The molecule has 3 heteroatoms. The summed E-state index contributed by atoms with van der Waals surface area (Å²) >= 11 is 6.04. The van der Waals surface area contributed by atoms with Gasteiger partial charge in [-0.25, -0.2) is 0 Å². The lowest BCUT2D eigenvalue weighted by Crippen LogP contribution is -1.94. The van der Waals surface area contributed by atoms with Crippen LogP contribution in [0.3, 0.4) is 0 Å². The largest absolute Gasteiger partial charge is 0.262 e. The van der Waals surface area contributed by atoms with E-state index in [-0.39, 0.29) is 0 Å². The van der Waals surface area contributed by atoms with E-state index in [1.165, 1.54) is 12.8 Å². The third kappa shape index (κ3) is 1.05. The van der Waals surface area contributed by atoms with E-state index in [0.29, 0.717) is 6.04 Å². The first-order valence-electron chi connectivity index (χ1n) is 4.48. The summed E-state index contributed by atoms with van der Waals surface area (Å²) in [6, 6.07) is 6.58. The van der Waals surface area contributed by atoms with Crippen LogP contribution >= 0.6 is 11.6 Å². The van der Waals surface area contributed by atoms with Gasteiger partial charge in [-0.05, 0) is 25.0 Å². The average molecular weight is 193 g/mol. The Balaban J connectivity index is 2.32. The summed E-state index contributed by atoms with van der Waals surface area (Å²) < 4.78 is 2.08. The van der Waals surface area contributed by atoms with E-state index in [0.717, 1.165) is 15.9 Å². The second kappa shape index (κ2) is 2.48. The maximum atomic E-state index is 6.04. The lowest BCUT2D eigenvalue weighted by Gasteiger charge is -1.99. The SMILES string of the molecule is Clc1cccc2c1cnn2C1CC1. The van der Waals surface area contributed by atoms with E-state index in [1.54, 1.807) is 0 Å². The number of halogens is 1. The first-order valence-corrected chi connectivity index (χ1v) is 4.86. The van der Waals surface area contributed by atoms with E-state index in [9.17, 15) is 0 Å². The Bertz CT molecular complexity index is 457. The Morgan fingerprint density at radius 3 is 3.00 bits per heavy atom. The van der Waals surface area contributed by atoms with Crippen LogP contribution in [0.4, 0.5) is 0 Å². The zero-order valence-corrected chi connectivity index (χ0v) is 7.83. The van der Waals surface area contributed by atoms with E-state index in [1.807, 2.05) is 18.3 Å². The fourth-order valence-electron chi connectivity index (χ4n) is 1.65. The van der Waals surface area contributed by atoms with E-state index < -0.39 is 0 Å². The summed E-state index contributed by atoms with van der Waals surface area (Å²) in [5.74, 6) is 0. The van der Waals surface area contributed by atoms with Crippen LogP contribution < -0.4 is 0 Å². The predicted molar refractivity (Wildman–Crippen MR) is 53.0 cm³/mol. The summed E-state index contributed by atoms with van der Waals surface area (Å²) in [5.41, 5.74) is 1.16. The molecule has 1 fully saturated rings. The number of aromatic nitrogens is 2. The normalized spacial score (nSPS) is 16.7. The molecule has 66 valence electrons. The van der Waals surface area contributed by atoms with Crippen molar-refractivity contribution in [2.75, 3.05) is 0 Å². The molecule has 1 aromatic carbocycles. The monoisotopic (exact) mass is 192 g/mol. The highest BCUT2D eigenvalue weighted by Crippen LogP contribution is 2.37. The smallest absolute Gasteiger partial charge is 0.0700 e. The molecule has 3 rings (SSSR count). The van der Waals surface area contributed by atoms with Crippen LogP contribution in [0.2, 0.25) is 5.02 Å². The molecule has 0 aliphatic heterocycles. The molecule has 1 saturated carbocycles. The number of fused-ring (bicyclic) bond motifs is 1. The third-order valence-corrected chi connectivity index (χ3v) is 2.81. The molecule has 0 radical (unpaired) electrons. The number of hydrogen-bond donors (Lipinski definition) is 0. The summed E-state index contributed by atoms with van der Waals surface area (Å²) in [6.45, 7) is 0. The van der Waals surface area contributed by atoms with Crippen LogP contribution in [0.15, 0.2) is 24.4 Å². The van der Waals surface area contributed by atoms with Crippen LogP contribution in [0.25, 0.3) is 10.9 Å². The average Bonchev–Trinajstić information content (AvgIpc) is 2.87. The first-order chi connectivity index (χ1) is 6.36. The van der Waals surface area contributed by atoms with Crippen molar-refractivity contribution in [1.82, 2.24) is 9.78 Å². The fourth-order valence-corrected chi connectivity index (χ4v) is 1.86. The minimum absolute atomic E-state index is 0.621. The zero-order valence-electron chi connectivity index (χ0n) is 7.07. The minimum atomic E-state index is 0.621. The third-order valence-electron chi connectivity index (χ3n) is 2.48. The topological polar surface area (TPSA) is 17.8 Å². The van der Waals surface area contributed by atoms with Crippen LogP contribution in [0.1, 0.15) is 18.9 Å². The van der Waals surface area contributed by atoms with Gasteiger partial charge in [0.1, 0.15) is 0 Å². The standard InChI is InChI=1S/C10H9ClN2/c11-9-2-1-3-10-8(9)6-12-13(10)7-4-5-7/h1-3,6-7H,4-5H2. The van der Waals surface area contributed by atoms with Crippen molar-refractivity contribution in [1.29, 1.82) is 0 Å². The lowest BCUT2D eigenvalue weighted by molar-refractivity contribution is 0.665. The van der Waals surface area contributed by atoms with Crippen LogP contribution in [0.5, 0.6) is 0 Å². The first kappa shape index (κ1) is 7.39. The minimum Gasteiger partial charge on any atom is -0.262 e. The Hall–Kier alpha value is -1.02. The quantitative estimate of drug-likeness (QED) is 0.679. The predicted octanol–water partition coefficient (Wildman–Crippen LogP) is 3.02. The summed E-state index contributed by atoms with van der Waals surface area (Å²) in [6.07, 6.45) is 4.36. The summed E-state index contributed by atoms with van der Waals surface area (Å²) in [4.78, 5) is 0. The van der Waals surface area contributed by atoms with Gasteiger partial charge >= 0.3 is 0 Å². The van der Waals surface area contributed by atoms with Gasteiger partial charge in [-0.2, -0.15) is 5.10 Å². The molecule has 0 atom stereocenters. The molecule has 1 aromatic heterocycles. The molecule has 0 unspecified atom stereocenters. The molecule has 1 heterocycles. The second-order valence-electron chi connectivity index (χ2n) is 3.49. The molecular weight excluding hydrogens is 184 g/mol. The van der Waals surface area contributed by atoms with Crippen molar-refractivity contribution in [2.24, 2.45) is 0 Å². The van der Waals surface area contributed by atoms with Gasteiger partial charge in [-0.1, -0.05) is 17.7 Å². The lowest BCUT2D eigenvalue weighted by atomic mass is 10.2. The van der Waals surface area contributed by atoms with Gasteiger partial charge in [0.25, 0.3) is 0 Å². The summed E-state index contributed by atoms with van der Waals surface area (Å²) in [7, 11) is 0. The van der Waals surface area contributed by atoms with Gasteiger partial charge in [0.15, 0.2) is 0 Å². The molecule has 0 N–H and O–H groups in total. The molecule has 2 aromatic rings. The van der Waals surface area contributed by atoms with Crippen molar-refractivity contribution in [3.8, 4) is 0 Å². The van der Waals surface area contributed by atoms with Gasteiger partial charge in [-0.3, -0.25) is 4.68 Å². The summed E-state index contributed by atoms with van der Waals surface area (Å²) in [5, 5.41) is 6.21. The van der Waals surface area contributed by atoms with Crippen molar-refractivity contribution < 1.29 is 0 Å².